The molecule has 0 saturated carbocycles. The molecular formula is C14H16BrN2O4+. The molecule has 0 aliphatic carbocycles. The van der Waals surface area contributed by atoms with E-state index in [0.717, 1.165) is 4.47 Å². The summed E-state index contributed by atoms with van der Waals surface area (Å²) in [6.07, 6.45) is 0.0916. The van der Waals surface area contributed by atoms with Crippen molar-refractivity contribution in [3.63, 3.8) is 0 Å². The fourth-order valence-corrected chi connectivity index (χ4v) is 2.42. The van der Waals surface area contributed by atoms with Crippen LogP contribution in [-0.4, -0.2) is 37.0 Å². The smallest absolute Gasteiger partial charge is 0.361 e. The molecular weight excluding hydrogens is 340 g/mol. The number of benzene rings is 1. The Morgan fingerprint density at radius 1 is 1.38 bits per heavy atom. The molecule has 1 aromatic rings. The van der Waals surface area contributed by atoms with Crippen molar-refractivity contribution in [2.75, 3.05) is 18.1 Å². The summed E-state index contributed by atoms with van der Waals surface area (Å²) < 4.78 is 5.67. The first-order valence-corrected chi connectivity index (χ1v) is 7.43. The van der Waals surface area contributed by atoms with E-state index in [0.29, 0.717) is 12.3 Å². The van der Waals surface area contributed by atoms with Crippen LogP contribution in [0.4, 0.5) is 5.69 Å². The lowest BCUT2D eigenvalue weighted by Crippen LogP contribution is -2.93. The van der Waals surface area contributed by atoms with E-state index in [2.05, 4.69) is 15.9 Å². The van der Waals surface area contributed by atoms with Gasteiger partial charge in [-0.25, -0.2) is 9.69 Å². The Kier molecular flexibility index (Phi) is 5.08. The molecule has 7 heteroatoms. The molecule has 0 bridgehead atoms. The quantitative estimate of drug-likeness (QED) is 0.604. The first-order valence-electron chi connectivity index (χ1n) is 6.64. The van der Waals surface area contributed by atoms with Gasteiger partial charge in [0.2, 0.25) is 5.91 Å². The fourth-order valence-electron chi connectivity index (χ4n) is 2.16. The summed E-state index contributed by atoms with van der Waals surface area (Å²) in [5.41, 5.74) is 0.542. The highest BCUT2D eigenvalue weighted by molar-refractivity contribution is 9.10. The maximum Gasteiger partial charge on any atom is 0.361 e. The van der Waals surface area contributed by atoms with E-state index in [1.54, 1.807) is 36.5 Å². The third-order valence-electron chi connectivity index (χ3n) is 3.14. The summed E-state index contributed by atoms with van der Waals surface area (Å²) in [7, 11) is 0. The SMILES string of the molecule is CCOC(=O)C[NH2+][C@H]1CC(=O)N(c2ccc(Br)cc2)C1=O. The molecule has 0 radical (unpaired) electrons. The molecule has 0 unspecified atom stereocenters. The van der Waals surface area contributed by atoms with Crippen LogP contribution in [0, 0.1) is 0 Å². The molecule has 21 heavy (non-hydrogen) atoms. The highest BCUT2D eigenvalue weighted by Crippen LogP contribution is 2.23. The minimum absolute atomic E-state index is 0.0334. The van der Waals surface area contributed by atoms with Crippen LogP contribution in [0.15, 0.2) is 28.7 Å². The Morgan fingerprint density at radius 3 is 2.67 bits per heavy atom. The zero-order chi connectivity index (χ0) is 15.4. The molecule has 112 valence electrons. The van der Waals surface area contributed by atoms with E-state index in [4.69, 9.17) is 4.74 Å². The van der Waals surface area contributed by atoms with Gasteiger partial charge < -0.3 is 10.1 Å². The second-order valence-corrected chi connectivity index (χ2v) is 5.51. The summed E-state index contributed by atoms with van der Waals surface area (Å²) in [4.78, 5) is 36.8. The number of nitrogens with zero attached hydrogens (tertiary/aromatic N) is 1. The predicted molar refractivity (Wildman–Crippen MR) is 78.5 cm³/mol. The minimum Gasteiger partial charge on any atom is -0.462 e. The van der Waals surface area contributed by atoms with E-state index >= 15 is 0 Å². The van der Waals surface area contributed by atoms with E-state index in [1.807, 2.05) is 0 Å². The first kappa shape index (κ1) is 15.7. The van der Waals surface area contributed by atoms with Crippen LogP contribution in [0.5, 0.6) is 0 Å². The molecule has 2 N–H and O–H groups in total. The average molecular weight is 356 g/mol. The average Bonchev–Trinajstić information content (AvgIpc) is 2.73. The molecule has 1 atom stereocenters. The number of carbonyl (C=O) groups is 3. The van der Waals surface area contributed by atoms with Crippen molar-refractivity contribution in [1.29, 1.82) is 0 Å². The fraction of sp³-hybridized carbons (Fsp3) is 0.357. The van der Waals surface area contributed by atoms with Gasteiger partial charge in [-0.3, -0.25) is 9.59 Å². The van der Waals surface area contributed by atoms with E-state index < -0.39 is 6.04 Å². The van der Waals surface area contributed by atoms with Crippen molar-refractivity contribution in [3.8, 4) is 0 Å². The molecule has 1 aliphatic heterocycles. The Balaban J connectivity index is 2.03. The Morgan fingerprint density at radius 2 is 2.05 bits per heavy atom. The number of imide groups is 1. The minimum atomic E-state index is -0.564. The number of hydrogen-bond acceptors (Lipinski definition) is 4. The van der Waals surface area contributed by atoms with E-state index in [1.165, 1.54) is 4.90 Å². The van der Waals surface area contributed by atoms with Crippen molar-refractivity contribution < 1.29 is 24.4 Å². The van der Waals surface area contributed by atoms with Gasteiger partial charge in [-0.1, -0.05) is 15.9 Å². The van der Waals surface area contributed by atoms with Crippen LogP contribution in [0.25, 0.3) is 0 Å². The van der Waals surface area contributed by atoms with Gasteiger partial charge in [0.15, 0.2) is 12.6 Å². The van der Waals surface area contributed by atoms with Crippen molar-refractivity contribution in [1.82, 2.24) is 0 Å². The number of esters is 1. The van der Waals surface area contributed by atoms with Crippen LogP contribution in [0.1, 0.15) is 13.3 Å². The van der Waals surface area contributed by atoms with Crippen molar-refractivity contribution >= 4 is 39.4 Å². The molecule has 2 amide bonds. The molecule has 0 aromatic heterocycles. The number of amides is 2. The predicted octanol–water partition coefficient (Wildman–Crippen LogP) is 0.208. The van der Waals surface area contributed by atoms with Gasteiger partial charge >= 0.3 is 5.97 Å². The maximum absolute atomic E-state index is 12.3. The Bertz CT molecular complexity index is 559. The summed E-state index contributed by atoms with van der Waals surface area (Å²) >= 11 is 3.31. The number of carbonyl (C=O) groups excluding carboxylic acids is 3. The number of rotatable bonds is 5. The van der Waals surface area contributed by atoms with Gasteiger partial charge in [0.05, 0.1) is 18.7 Å². The van der Waals surface area contributed by atoms with Gasteiger partial charge in [0.25, 0.3) is 5.91 Å². The van der Waals surface area contributed by atoms with Gasteiger partial charge in [-0.05, 0) is 31.2 Å². The third kappa shape index (κ3) is 3.68. The lowest BCUT2D eigenvalue weighted by Gasteiger charge is -2.14. The van der Waals surface area contributed by atoms with Crippen LogP contribution in [0.3, 0.4) is 0 Å². The zero-order valence-electron chi connectivity index (χ0n) is 11.5. The highest BCUT2D eigenvalue weighted by atomic mass is 79.9. The Hall–Kier alpha value is -1.73. The van der Waals surface area contributed by atoms with Crippen LogP contribution >= 0.6 is 15.9 Å². The van der Waals surface area contributed by atoms with Gasteiger partial charge in [-0.15, -0.1) is 0 Å². The molecule has 0 spiro atoms. The number of ether oxygens (including phenoxy) is 1. The van der Waals surface area contributed by atoms with Crippen molar-refractivity contribution in [2.45, 2.75) is 19.4 Å². The normalized spacial score (nSPS) is 18.2. The van der Waals surface area contributed by atoms with E-state index in [-0.39, 0.29) is 30.7 Å². The zero-order valence-corrected chi connectivity index (χ0v) is 13.1. The number of quaternary nitrogens is 1. The van der Waals surface area contributed by atoms with Gasteiger partial charge in [0.1, 0.15) is 0 Å². The lowest BCUT2D eigenvalue weighted by molar-refractivity contribution is -0.665. The maximum atomic E-state index is 12.3. The largest absolute Gasteiger partial charge is 0.462 e. The lowest BCUT2D eigenvalue weighted by atomic mass is 10.2. The molecule has 1 aliphatic rings. The molecule has 6 nitrogen and oxygen atoms in total. The monoisotopic (exact) mass is 355 g/mol. The van der Waals surface area contributed by atoms with Crippen molar-refractivity contribution in [3.05, 3.63) is 28.7 Å². The standard InChI is InChI=1S/C14H15BrN2O4/c1-2-21-13(19)8-16-11-7-12(18)17(14(11)20)10-5-3-9(15)4-6-10/h3-6,11,16H,2,7-8H2,1H3/p+1/t11-/m0/s1. The van der Waals surface area contributed by atoms with Crippen LogP contribution in [0.2, 0.25) is 0 Å². The molecule has 1 heterocycles. The molecule has 1 saturated heterocycles. The highest BCUT2D eigenvalue weighted by Gasteiger charge is 2.42. The topological polar surface area (TPSA) is 80.3 Å². The summed E-state index contributed by atoms with van der Waals surface area (Å²) in [6.45, 7) is 2.05. The second kappa shape index (κ2) is 6.82. The number of halogens is 1. The number of hydrogen-bond donors (Lipinski definition) is 1. The van der Waals surface area contributed by atoms with Gasteiger partial charge in [0, 0.05) is 4.47 Å². The van der Waals surface area contributed by atoms with Crippen molar-refractivity contribution in [2.24, 2.45) is 0 Å². The third-order valence-corrected chi connectivity index (χ3v) is 3.67. The summed E-state index contributed by atoms with van der Waals surface area (Å²) in [6, 6.07) is 6.38. The second-order valence-electron chi connectivity index (χ2n) is 4.60. The number of nitrogens with two attached hydrogens (primary N) is 1. The molecule has 2 rings (SSSR count). The molecule has 1 aromatic carbocycles. The van der Waals surface area contributed by atoms with Crippen LogP contribution < -0.4 is 10.2 Å². The first-order chi connectivity index (χ1) is 10.0. The molecule has 1 fully saturated rings. The van der Waals surface area contributed by atoms with Crippen LogP contribution in [-0.2, 0) is 19.1 Å². The summed E-state index contributed by atoms with van der Waals surface area (Å²) in [5, 5.41) is 1.55. The Labute approximate surface area is 130 Å². The van der Waals surface area contributed by atoms with Gasteiger partial charge in [-0.2, -0.15) is 0 Å². The van der Waals surface area contributed by atoms with E-state index in [9.17, 15) is 14.4 Å². The number of anilines is 1. The summed E-state index contributed by atoms with van der Waals surface area (Å²) in [5.74, 6) is -0.945.